The number of carboxylic acid groups (broad SMARTS) is 1. The van der Waals surface area contributed by atoms with Gasteiger partial charge in [-0.15, -0.1) is 0 Å². The van der Waals surface area contributed by atoms with E-state index in [1.54, 1.807) is 43.5 Å². The van der Waals surface area contributed by atoms with Gasteiger partial charge in [-0.3, -0.25) is 4.72 Å². The second-order valence-corrected chi connectivity index (χ2v) is 8.94. The minimum atomic E-state index is -3.98. The van der Waals surface area contributed by atoms with Gasteiger partial charge in [0.1, 0.15) is 0 Å². The number of esters is 1. The van der Waals surface area contributed by atoms with E-state index in [1.165, 1.54) is 16.8 Å². The minimum absolute atomic E-state index is 0.000121. The molecule has 0 saturated heterocycles. The molecular formula is C22H21N3O6S. The van der Waals surface area contributed by atoms with Crippen molar-refractivity contribution >= 4 is 27.6 Å². The van der Waals surface area contributed by atoms with Crippen molar-refractivity contribution < 1.29 is 27.9 Å². The lowest BCUT2D eigenvalue weighted by Crippen LogP contribution is -2.16. The number of aromatic carboxylic acids is 1. The molecule has 2 aromatic carbocycles. The number of hydrogen-bond acceptors (Lipinski definition) is 6. The average Bonchev–Trinajstić information content (AvgIpc) is 3.43. The van der Waals surface area contributed by atoms with Crippen molar-refractivity contribution in [2.45, 2.75) is 31.1 Å². The highest BCUT2D eigenvalue weighted by molar-refractivity contribution is 7.92. The van der Waals surface area contributed by atoms with Crippen molar-refractivity contribution in [2.24, 2.45) is 0 Å². The Morgan fingerprint density at radius 3 is 2.59 bits per heavy atom. The number of carbonyl (C=O) groups is 2. The van der Waals surface area contributed by atoms with E-state index in [-0.39, 0.29) is 22.8 Å². The van der Waals surface area contributed by atoms with Crippen LogP contribution in [0.2, 0.25) is 0 Å². The summed E-state index contributed by atoms with van der Waals surface area (Å²) in [6.45, 7) is 1.96. The number of carboxylic acids is 1. The van der Waals surface area contributed by atoms with E-state index in [0.717, 1.165) is 12.0 Å². The Bertz CT molecular complexity index is 1300. The second-order valence-electron chi connectivity index (χ2n) is 7.29. The highest BCUT2D eigenvalue weighted by Crippen LogP contribution is 2.31. The topological polar surface area (TPSA) is 128 Å². The lowest BCUT2D eigenvalue weighted by atomic mass is 10.1. The molecule has 0 spiro atoms. The zero-order chi connectivity index (χ0) is 22.9. The number of anilines is 1. The van der Waals surface area contributed by atoms with E-state index in [2.05, 4.69) is 9.82 Å². The molecule has 166 valence electrons. The van der Waals surface area contributed by atoms with Crippen LogP contribution in [0.3, 0.4) is 0 Å². The SMILES string of the molecule is CCOC(=O)c1ccn(-c2ccc(NS(=O)(=O)c3cc(C(=O)O)cc4c3CCC4)cc2)n1. The summed E-state index contributed by atoms with van der Waals surface area (Å²) in [6, 6.07) is 10.7. The highest BCUT2D eigenvalue weighted by Gasteiger charge is 2.26. The minimum Gasteiger partial charge on any atom is -0.478 e. The Morgan fingerprint density at radius 2 is 1.91 bits per heavy atom. The average molecular weight is 455 g/mol. The van der Waals surface area contributed by atoms with Crippen LogP contribution in [0.5, 0.6) is 0 Å². The van der Waals surface area contributed by atoms with Crippen LogP contribution in [0.1, 0.15) is 45.3 Å². The van der Waals surface area contributed by atoms with Gasteiger partial charge in [0, 0.05) is 11.9 Å². The molecule has 1 aromatic heterocycles. The van der Waals surface area contributed by atoms with Crippen LogP contribution < -0.4 is 4.72 Å². The van der Waals surface area contributed by atoms with E-state index >= 15 is 0 Å². The molecule has 0 radical (unpaired) electrons. The van der Waals surface area contributed by atoms with Crippen molar-refractivity contribution in [1.82, 2.24) is 9.78 Å². The van der Waals surface area contributed by atoms with Gasteiger partial charge < -0.3 is 9.84 Å². The summed E-state index contributed by atoms with van der Waals surface area (Å²) in [6.07, 6.45) is 3.64. The molecule has 9 nitrogen and oxygen atoms in total. The Balaban J connectivity index is 1.58. The van der Waals surface area contributed by atoms with Gasteiger partial charge in [0.25, 0.3) is 10.0 Å². The first-order valence-corrected chi connectivity index (χ1v) is 11.5. The Morgan fingerprint density at radius 1 is 1.16 bits per heavy atom. The van der Waals surface area contributed by atoms with Gasteiger partial charge in [0.2, 0.25) is 0 Å². The normalized spacial score (nSPS) is 12.9. The third kappa shape index (κ3) is 4.22. The van der Waals surface area contributed by atoms with Crippen LogP contribution in [-0.4, -0.2) is 41.9 Å². The van der Waals surface area contributed by atoms with Gasteiger partial charge in [0.05, 0.1) is 22.8 Å². The highest BCUT2D eigenvalue weighted by atomic mass is 32.2. The number of hydrogen-bond donors (Lipinski definition) is 2. The second kappa shape index (κ2) is 8.46. The number of sulfonamides is 1. The number of aromatic nitrogens is 2. The standard InChI is InChI=1S/C22H21N3O6S/c1-2-31-22(28)19-10-11-25(23-19)17-8-6-16(7-9-17)24-32(29,30)20-13-15(21(26)27)12-14-4-3-5-18(14)20/h6-13,24H,2-5H2,1H3,(H,26,27). The van der Waals surface area contributed by atoms with Crippen molar-refractivity contribution in [3.05, 3.63) is 71.0 Å². The van der Waals surface area contributed by atoms with E-state index in [4.69, 9.17) is 4.74 Å². The van der Waals surface area contributed by atoms with Crippen LogP contribution in [-0.2, 0) is 27.6 Å². The van der Waals surface area contributed by atoms with Crippen molar-refractivity contribution in [3.63, 3.8) is 0 Å². The van der Waals surface area contributed by atoms with Gasteiger partial charge in [-0.05, 0) is 79.8 Å². The van der Waals surface area contributed by atoms with Gasteiger partial charge in [-0.1, -0.05) is 0 Å². The van der Waals surface area contributed by atoms with Gasteiger partial charge in [0.15, 0.2) is 5.69 Å². The molecule has 1 aliphatic carbocycles. The number of fused-ring (bicyclic) bond motifs is 1. The summed E-state index contributed by atoms with van der Waals surface area (Å²) in [7, 11) is -3.98. The number of aryl methyl sites for hydroxylation is 1. The van der Waals surface area contributed by atoms with Crippen molar-refractivity contribution in [3.8, 4) is 5.69 Å². The Hall–Kier alpha value is -3.66. The first kappa shape index (κ1) is 21.6. The fourth-order valence-electron chi connectivity index (χ4n) is 3.70. The summed E-state index contributed by atoms with van der Waals surface area (Å²) < 4.78 is 35.0. The molecular weight excluding hydrogens is 434 g/mol. The fourth-order valence-corrected chi connectivity index (χ4v) is 5.10. The summed E-state index contributed by atoms with van der Waals surface area (Å²) in [5, 5.41) is 13.5. The Kier molecular flexibility index (Phi) is 5.70. The predicted octanol–water partition coefficient (Wildman–Crippen LogP) is 3.04. The third-order valence-corrected chi connectivity index (χ3v) is 6.62. The maximum Gasteiger partial charge on any atom is 0.358 e. The van der Waals surface area contributed by atoms with E-state index in [9.17, 15) is 23.1 Å². The van der Waals surface area contributed by atoms with Crippen LogP contribution in [0.15, 0.2) is 53.6 Å². The smallest absolute Gasteiger partial charge is 0.358 e. The molecule has 0 saturated carbocycles. The molecule has 0 unspecified atom stereocenters. The number of nitrogens with one attached hydrogen (secondary N) is 1. The summed E-state index contributed by atoms with van der Waals surface area (Å²) in [5.74, 6) is -1.69. The monoisotopic (exact) mass is 455 g/mol. The third-order valence-electron chi connectivity index (χ3n) is 5.17. The largest absolute Gasteiger partial charge is 0.478 e. The molecule has 0 bridgehead atoms. The molecule has 4 rings (SSSR count). The molecule has 2 N–H and O–H groups in total. The predicted molar refractivity (Wildman–Crippen MR) is 116 cm³/mol. The van der Waals surface area contributed by atoms with E-state index in [0.29, 0.717) is 29.8 Å². The van der Waals surface area contributed by atoms with Crippen molar-refractivity contribution in [2.75, 3.05) is 11.3 Å². The maximum atomic E-state index is 13.1. The summed E-state index contributed by atoms with van der Waals surface area (Å²) in [5.41, 5.74) is 2.50. The molecule has 10 heteroatoms. The zero-order valence-corrected chi connectivity index (χ0v) is 18.1. The first-order valence-electron chi connectivity index (χ1n) is 10.0. The molecule has 1 aliphatic rings. The number of carbonyl (C=O) groups excluding carboxylic acids is 1. The van der Waals surface area contributed by atoms with Crippen LogP contribution in [0, 0.1) is 0 Å². The number of nitrogens with zero attached hydrogens (tertiary/aromatic N) is 2. The van der Waals surface area contributed by atoms with Crippen LogP contribution >= 0.6 is 0 Å². The molecule has 0 aliphatic heterocycles. The number of rotatable bonds is 7. The Labute approximate surface area is 184 Å². The van der Waals surface area contributed by atoms with Gasteiger partial charge in [-0.25, -0.2) is 22.7 Å². The van der Waals surface area contributed by atoms with E-state index in [1.807, 2.05) is 0 Å². The van der Waals surface area contributed by atoms with Crippen LogP contribution in [0.25, 0.3) is 5.69 Å². The molecule has 0 fully saturated rings. The molecule has 0 amide bonds. The van der Waals surface area contributed by atoms with Gasteiger partial charge in [-0.2, -0.15) is 5.10 Å². The quantitative estimate of drug-likeness (QED) is 0.524. The van der Waals surface area contributed by atoms with Gasteiger partial charge >= 0.3 is 11.9 Å². The van der Waals surface area contributed by atoms with Crippen LogP contribution in [0.4, 0.5) is 5.69 Å². The first-order chi connectivity index (χ1) is 15.3. The van der Waals surface area contributed by atoms with Crippen molar-refractivity contribution in [1.29, 1.82) is 0 Å². The number of ether oxygens (including phenoxy) is 1. The fraction of sp³-hybridized carbons (Fsp3) is 0.227. The lowest BCUT2D eigenvalue weighted by Gasteiger charge is -2.13. The zero-order valence-electron chi connectivity index (χ0n) is 17.2. The maximum absolute atomic E-state index is 13.1. The molecule has 3 aromatic rings. The summed E-state index contributed by atoms with van der Waals surface area (Å²) >= 11 is 0. The lowest BCUT2D eigenvalue weighted by molar-refractivity contribution is 0.0518. The molecule has 32 heavy (non-hydrogen) atoms. The summed E-state index contributed by atoms with van der Waals surface area (Å²) in [4.78, 5) is 23.2. The number of benzene rings is 2. The molecule has 1 heterocycles. The van der Waals surface area contributed by atoms with E-state index < -0.39 is 22.0 Å². The molecule has 0 atom stereocenters.